The zero-order valence-corrected chi connectivity index (χ0v) is 20.1. The standard InChI is InChI=1S/C25H43N5O2/c1-3-30-15-13-21(22(30)31)27-20-11-7-10-19(16-20)17-25(23(32)29(2)24(26)28-25)14-12-18-8-5-4-6-9-18/h18-21,27H,3-17H2,1-2H3,(H2,26,28)/t19-,20?,21+,25+/m0/s1. The topological polar surface area (TPSA) is 88.5 Å². The van der Waals surface area contributed by atoms with Gasteiger partial charge in [0.25, 0.3) is 5.91 Å². The van der Waals surface area contributed by atoms with Crippen LogP contribution in [0.4, 0.5) is 0 Å². The summed E-state index contributed by atoms with van der Waals surface area (Å²) in [5.41, 5.74) is -0.613. The van der Waals surface area contributed by atoms with E-state index in [9.17, 15) is 9.59 Å². The van der Waals surface area contributed by atoms with Crippen LogP contribution in [0.5, 0.6) is 0 Å². The third-order valence-electron chi connectivity index (χ3n) is 8.65. The molecule has 2 heterocycles. The zero-order chi connectivity index (χ0) is 22.7. The lowest BCUT2D eigenvalue weighted by molar-refractivity contribution is -0.131. The molecule has 4 rings (SSSR count). The van der Waals surface area contributed by atoms with Gasteiger partial charge < -0.3 is 15.5 Å². The predicted octanol–water partition coefficient (Wildman–Crippen LogP) is 3.24. The summed E-state index contributed by atoms with van der Waals surface area (Å²) < 4.78 is 0. The van der Waals surface area contributed by atoms with Crippen LogP contribution in [-0.2, 0) is 9.59 Å². The zero-order valence-electron chi connectivity index (χ0n) is 20.1. The molecule has 2 saturated carbocycles. The van der Waals surface area contributed by atoms with E-state index in [-0.39, 0.29) is 23.8 Å². The van der Waals surface area contributed by atoms with Crippen molar-refractivity contribution in [2.75, 3.05) is 20.1 Å². The molecule has 2 amide bonds. The highest BCUT2D eigenvalue weighted by atomic mass is 16.2. The summed E-state index contributed by atoms with van der Waals surface area (Å²) in [5, 5.41) is 15.3. The first-order valence-electron chi connectivity index (χ1n) is 13.1. The molecule has 0 aromatic heterocycles. The summed E-state index contributed by atoms with van der Waals surface area (Å²) in [6, 6.07) is 0.313. The number of amides is 2. The quantitative estimate of drug-likeness (QED) is 0.535. The van der Waals surface area contributed by atoms with E-state index in [0.29, 0.717) is 12.0 Å². The van der Waals surface area contributed by atoms with E-state index in [1.165, 1.54) is 37.0 Å². The minimum absolute atomic E-state index is 0.0375. The Kier molecular flexibility index (Phi) is 7.43. The van der Waals surface area contributed by atoms with Crippen molar-refractivity contribution >= 4 is 17.8 Å². The first-order valence-corrected chi connectivity index (χ1v) is 13.1. The van der Waals surface area contributed by atoms with Crippen molar-refractivity contribution < 1.29 is 9.59 Å². The van der Waals surface area contributed by atoms with Gasteiger partial charge in [0.1, 0.15) is 5.54 Å². The molecule has 0 radical (unpaired) electrons. The Bertz CT molecular complexity index is 706. The molecular weight excluding hydrogens is 402 g/mol. The molecular formula is C25H43N5O2. The number of nitrogens with one attached hydrogen (secondary N) is 3. The Morgan fingerprint density at radius 2 is 1.81 bits per heavy atom. The largest absolute Gasteiger partial charge is 0.342 e. The van der Waals surface area contributed by atoms with Crippen LogP contribution in [0.2, 0.25) is 0 Å². The average Bonchev–Trinajstić information content (AvgIpc) is 3.25. The number of hydrogen-bond donors (Lipinski definition) is 3. The Morgan fingerprint density at radius 1 is 1.06 bits per heavy atom. The highest BCUT2D eigenvalue weighted by Crippen LogP contribution is 2.38. The molecule has 0 aromatic rings. The number of carbonyl (C=O) groups is 2. The van der Waals surface area contributed by atoms with Crippen molar-refractivity contribution in [2.45, 2.75) is 108 Å². The lowest BCUT2D eigenvalue weighted by Gasteiger charge is -2.37. The van der Waals surface area contributed by atoms with E-state index in [1.54, 1.807) is 7.05 Å². The number of hydrogen-bond acceptors (Lipinski definition) is 4. The number of carbonyl (C=O) groups excluding carboxylic acids is 2. The second-order valence-electron chi connectivity index (χ2n) is 10.8. The molecule has 4 fully saturated rings. The van der Waals surface area contributed by atoms with Crippen LogP contribution in [0.3, 0.4) is 0 Å². The summed E-state index contributed by atoms with van der Waals surface area (Å²) in [7, 11) is 1.73. The second-order valence-corrected chi connectivity index (χ2v) is 10.8. The van der Waals surface area contributed by atoms with Gasteiger partial charge in [-0.3, -0.25) is 19.9 Å². The van der Waals surface area contributed by atoms with Crippen molar-refractivity contribution in [1.82, 2.24) is 20.4 Å². The maximum atomic E-state index is 13.3. The first kappa shape index (κ1) is 23.5. The van der Waals surface area contributed by atoms with Gasteiger partial charge in [-0.05, 0) is 57.3 Å². The number of rotatable bonds is 8. The van der Waals surface area contributed by atoms with Gasteiger partial charge in [-0.25, -0.2) is 0 Å². The Morgan fingerprint density at radius 3 is 2.47 bits per heavy atom. The van der Waals surface area contributed by atoms with Crippen LogP contribution >= 0.6 is 0 Å². The monoisotopic (exact) mass is 445 g/mol. The number of nitrogens with zero attached hydrogens (tertiary/aromatic N) is 2. The fourth-order valence-electron chi connectivity index (χ4n) is 6.74. The van der Waals surface area contributed by atoms with Gasteiger partial charge in [0.2, 0.25) is 5.91 Å². The van der Waals surface area contributed by atoms with Crippen LogP contribution in [0.25, 0.3) is 0 Å². The number of likely N-dealkylation sites (N-methyl/N-ethyl adjacent to an activating group) is 2. The lowest BCUT2D eigenvalue weighted by atomic mass is 9.74. The van der Waals surface area contributed by atoms with Crippen molar-refractivity contribution in [2.24, 2.45) is 11.8 Å². The maximum absolute atomic E-state index is 13.3. The minimum atomic E-state index is -0.613. The average molecular weight is 446 g/mol. The van der Waals surface area contributed by atoms with Gasteiger partial charge in [-0.15, -0.1) is 0 Å². The highest BCUT2D eigenvalue weighted by Gasteiger charge is 2.49. The summed E-state index contributed by atoms with van der Waals surface area (Å²) in [5.74, 6) is 1.76. The molecule has 32 heavy (non-hydrogen) atoms. The van der Waals surface area contributed by atoms with Gasteiger partial charge in [0.15, 0.2) is 5.96 Å². The van der Waals surface area contributed by atoms with Gasteiger partial charge in [-0.2, -0.15) is 0 Å². The third-order valence-corrected chi connectivity index (χ3v) is 8.65. The Balaban J connectivity index is 1.38. The van der Waals surface area contributed by atoms with E-state index < -0.39 is 5.54 Å². The summed E-state index contributed by atoms with van der Waals surface area (Å²) in [6.45, 7) is 3.70. The van der Waals surface area contributed by atoms with E-state index in [1.807, 2.05) is 11.8 Å². The third kappa shape index (κ3) is 4.97. The Hall–Kier alpha value is -1.63. The van der Waals surface area contributed by atoms with E-state index in [2.05, 4.69) is 10.6 Å². The van der Waals surface area contributed by atoms with Gasteiger partial charge >= 0.3 is 0 Å². The molecule has 1 unspecified atom stereocenters. The molecule has 4 atom stereocenters. The molecule has 0 bridgehead atoms. The minimum Gasteiger partial charge on any atom is -0.342 e. The normalized spacial score (nSPS) is 34.4. The van der Waals surface area contributed by atoms with Crippen LogP contribution in [-0.4, -0.2) is 65.3 Å². The fraction of sp³-hybridized carbons (Fsp3) is 0.880. The van der Waals surface area contributed by atoms with Crippen molar-refractivity contribution in [3.63, 3.8) is 0 Å². The lowest BCUT2D eigenvalue weighted by Crippen LogP contribution is -2.50. The second kappa shape index (κ2) is 10.1. The van der Waals surface area contributed by atoms with Gasteiger partial charge in [0.05, 0.1) is 6.04 Å². The maximum Gasteiger partial charge on any atom is 0.254 e. The molecule has 0 aromatic carbocycles. The number of likely N-dealkylation sites (tertiary alicyclic amines) is 1. The molecule has 180 valence electrons. The van der Waals surface area contributed by atoms with Crippen molar-refractivity contribution in [3.8, 4) is 0 Å². The van der Waals surface area contributed by atoms with Crippen LogP contribution in [0, 0.1) is 17.2 Å². The van der Waals surface area contributed by atoms with E-state index in [0.717, 1.165) is 70.4 Å². The summed E-state index contributed by atoms with van der Waals surface area (Å²) in [4.78, 5) is 29.3. The van der Waals surface area contributed by atoms with E-state index in [4.69, 9.17) is 5.41 Å². The van der Waals surface area contributed by atoms with Crippen LogP contribution < -0.4 is 10.6 Å². The van der Waals surface area contributed by atoms with Gasteiger partial charge in [-0.1, -0.05) is 44.9 Å². The van der Waals surface area contributed by atoms with Crippen LogP contribution in [0.15, 0.2) is 0 Å². The summed E-state index contributed by atoms with van der Waals surface area (Å²) in [6.07, 6.45) is 14.6. The van der Waals surface area contributed by atoms with Crippen molar-refractivity contribution in [1.29, 1.82) is 5.41 Å². The van der Waals surface area contributed by atoms with Gasteiger partial charge in [0, 0.05) is 26.2 Å². The predicted molar refractivity (Wildman–Crippen MR) is 126 cm³/mol. The molecule has 2 aliphatic heterocycles. The molecule has 7 nitrogen and oxygen atoms in total. The van der Waals surface area contributed by atoms with Crippen LogP contribution in [0.1, 0.15) is 90.4 Å². The molecule has 2 aliphatic carbocycles. The molecule has 0 spiro atoms. The fourth-order valence-corrected chi connectivity index (χ4v) is 6.74. The molecule has 2 saturated heterocycles. The van der Waals surface area contributed by atoms with Crippen molar-refractivity contribution in [3.05, 3.63) is 0 Å². The summed E-state index contributed by atoms with van der Waals surface area (Å²) >= 11 is 0. The SMILES string of the molecule is CCN1CC[C@@H](NC2CCC[C@H](C[C@@]3(CCC4CCCCC4)NC(=N)N(C)C3=O)C2)C1=O. The first-order chi connectivity index (χ1) is 15.4. The van der Waals surface area contributed by atoms with E-state index >= 15 is 0 Å². The molecule has 4 aliphatic rings. The number of guanidine groups is 1. The highest BCUT2D eigenvalue weighted by molar-refractivity contribution is 6.07. The molecule has 3 N–H and O–H groups in total. The smallest absolute Gasteiger partial charge is 0.254 e. The molecule has 7 heteroatoms. The Labute approximate surface area is 193 Å².